The molecule has 1 unspecified atom stereocenters. The van der Waals surface area contributed by atoms with Crippen molar-refractivity contribution in [3.63, 3.8) is 0 Å². The zero-order valence-corrected chi connectivity index (χ0v) is 12.5. The van der Waals surface area contributed by atoms with E-state index in [1.165, 1.54) is 11.8 Å². The maximum absolute atomic E-state index is 11.1. The van der Waals surface area contributed by atoms with Gasteiger partial charge in [-0.05, 0) is 39.3 Å². The number of carboxylic acid groups (broad SMARTS) is 1. The van der Waals surface area contributed by atoms with Crippen LogP contribution in [0.15, 0.2) is 11.2 Å². The molecule has 0 fully saturated rings. The van der Waals surface area contributed by atoms with E-state index >= 15 is 0 Å². The highest BCUT2D eigenvalue weighted by Gasteiger charge is 2.16. The van der Waals surface area contributed by atoms with Gasteiger partial charge in [-0.2, -0.15) is 0 Å². The number of rotatable bonds is 8. The fraction of sp³-hybridized carbons (Fsp3) is 0.615. The second kappa shape index (κ2) is 8.12. The van der Waals surface area contributed by atoms with Gasteiger partial charge in [0.2, 0.25) is 0 Å². The predicted octanol–water partition coefficient (Wildman–Crippen LogP) is 2.03. The second-order valence-electron chi connectivity index (χ2n) is 4.42. The average Bonchev–Trinajstić information content (AvgIpc) is 2.31. The molecule has 1 aromatic heterocycles. The van der Waals surface area contributed by atoms with E-state index in [9.17, 15) is 4.79 Å². The first-order valence-corrected chi connectivity index (χ1v) is 7.42. The SMILES string of the molecule is CCCNC(CCSc1nc(C)cc(C)n1)C(=O)O. The van der Waals surface area contributed by atoms with E-state index in [0.717, 1.165) is 29.5 Å². The Morgan fingerprint density at radius 3 is 2.58 bits per heavy atom. The molecule has 2 N–H and O–H groups in total. The van der Waals surface area contributed by atoms with Gasteiger partial charge in [0.15, 0.2) is 5.16 Å². The molecule has 1 aromatic rings. The Labute approximate surface area is 118 Å². The Hall–Kier alpha value is -1.14. The van der Waals surface area contributed by atoms with Crippen molar-refractivity contribution in [1.29, 1.82) is 0 Å². The first-order chi connectivity index (χ1) is 9.02. The predicted molar refractivity (Wildman–Crippen MR) is 76.6 cm³/mol. The average molecular weight is 283 g/mol. The normalized spacial score (nSPS) is 12.4. The molecule has 19 heavy (non-hydrogen) atoms. The van der Waals surface area contributed by atoms with Gasteiger partial charge in [-0.3, -0.25) is 4.79 Å². The molecule has 106 valence electrons. The standard InChI is InChI=1S/C13H21N3O2S/c1-4-6-14-11(12(17)18)5-7-19-13-15-9(2)8-10(3)16-13/h8,11,14H,4-7H2,1-3H3,(H,17,18). The number of nitrogens with zero attached hydrogens (tertiary/aromatic N) is 2. The molecule has 0 aliphatic heterocycles. The fourth-order valence-corrected chi connectivity index (χ4v) is 2.61. The molecule has 1 heterocycles. The number of hydrogen-bond donors (Lipinski definition) is 2. The van der Waals surface area contributed by atoms with Crippen LogP contribution < -0.4 is 5.32 Å². The van der Waals surface area contributed by atoms with Crippen molar-refractivity contribution in [2.24, 2.45) is 0 Å². The molecule has 0 aromatic carbocycles. The number of carboxylic acids is 1. The fourth-order valence-electron chi connectivity index (χ4n) is 1.66. The van der Waals surface area contributed by atoms with Crippen LogP contribution in [0.2, 0.25) is 0 Å². The van der Waals surface area contributed by atoms with Crippen molar-refractivity contribution in [3.8, 4) is 0 Å². The highest BCUT2D eigenvalue weighted by molar-refractivity contribution is 7.99. The minimum atomic E-state index is -0.796. The van der Waals surface area contributed by atoms with Gasteiger partial charge in [-0.25, -0.2) is 9.97 Å². The zero-order valence-electron chi connectivity index (χ0n) is 11.6. The van der Waals surface area contributed by atoms with Crippen LogP contribution in [0.3, 0.4) is 0 Å². The summed E-state index contributed by atoms with van der Waals surface area (Å²) < 4.78 is 0. The van der Waals surface area contributed by atoms with Crippen LogP contribution in [0.4, 0.5) is 0 Å². The Morgan fingerprint density at radius 1 is 1.42 bits per heavy atom. The van der Waals surface area contributed by atoms with Gasteiger partial charge in [0, 0.05) is 17.1 Å². The minimum absolute atomic E-state index is 0.488. The molecule has 0 saturated carbocycles. The van der Waals surface area contributed by atoms with Gasteiger partial charge in [-0.15, -0.1) is 0 Å². The molecule has 0 spiro atoms. The van der Waals surface area contributed by atoms with Gasteiger partial charge in [0.25, 0.3) is 0 Å². The summed E-state index contributed by atoms with van der Waals surface area (Å²) in [4.78, 5) is 19.7. The van der Waals surface area contributed by atoms with Crippen molar-refractivity contribution >= 4 is 17.7 Å². The molecule has 1 atom stereocenters. The first kappa shape index (κ1) is 15.9. The molecule has 0 aliphatic carbocycles. The van der Waals surface area contributed by atoms with Gasteiger partial charge >= 0.3 is 5.97 Å². The largest absolute Gasteiger partial charge is 0.480 e. The number of nitrogens with one attached hydrogen (secondary N) is 1. The lowest BCUT2D eigenvalue weighted by Crippen LogP contribution is -2.37. The van der Waals surface area contributed by atoms with Crippen LogP contribution >= 0.6 is 11.8 Å². The van der Waals surface area contributed by atoms with Crippen LogP contribution in [-0.4, -0.2) is 39.4 Å². The van der Waals surface area contributed by atoms with E-state index < -0.39 is 12.0 Å². The molecule has 0 radical (unpaired) electrons. The van der Waals surface area contributed by atoms with Crippen LogP contribution in [0.25, 0.3) is 0 Å². The van der Waals surface area contributed by atoms with Crippen LogP contribution in [0.5, 0.6) is 0 Å². The number of carbonyl (C=O) groups is 1. The number of aliphatic carboxylic acids is 1. The van der Waals surface area contributed by atoms with Gasteiger partial charge in [0.1, 0.15) is 6.04 Å². The highest BCUT2D eigenvalue weighted by atomic mass is 32.2. The third-order valence-electron chi connectivity index (χ3n) is 2.54. The molecular formula is C13H21N3O2S. The number of aryl methyl sites for hydroxylation is 2. The van der Waals surface area contributed by atoms with E-state index in [1.807, 2.05) is 26.8 Å². The lowest BCUT2D eigenvalue weighted by Gasteiger charge is -2.13. The zero-order chi connectivity index (χ0) is 14.3. The van der Waals surface area contributed by atoms with E-state index in [4.69, 9.17) is 5.11 Å². The Bertz CT molecular complexity index is 406. The molecule has 5 nitrogen and oxygen atoms in total. The van der Waals surface area contributed by atoms with E-state index in [1.54, 1.807) is 0 Å². The van der Waals surface area contributed by atoms with Crippen molar-refractivity contribution in [3.05, 3.63) is 17.5 Å². The third-order valence-corrected chi connectivity index (χ3v) is 3.42. The topological polar surface area (TPSA) is 75.1 Å². The summed E-state index contributed by atoms with van der Waals surface area (Å²) in [6.07, 6.45) is 1.49. The van der Waals surface area contributed by atoms with Crippen LogP contribution in [0, 0.1) is 13.8 Å². The molecule has 0 aliphatic rings. The van der Waals surface area contributed by atoms with Crippen LogP contribution in [0.1, 0.15) is 31.2 Å². The minimum Gasteiger partial charge on any atom is -0.480 e. The summed E-state index contributed by atoms with van der Waals surface area (Å²) in [5.74, 6) is -0.105. The molecule has 0 bridgehead atoms. The second-order valence-corrected chi connectivity index (χ2v) is 5.48. The van der Waals surface area contributed by atoms with Crippen molar-refractivity contribution < 1.29 is 9.90 Å². The number of hydrogen-bond acceptors (Lipinski definition) is 5. The third kappa shape index (κ3) is 6.02. The number of thioether (sulfide) groups is 1. The van der Waals surface area contributed by atoms with Crippen molar-refractivity contribution in [1.82, 2.24) is 15.3 Å². The van der Waals surface area contributed by atoms with Gasteiger partial charge < -0.3 is 10.4 Å². The summed E-state index contributed by atoms with van der Waals surface area (Å²) in [5, 5.41) is 12.8. The quantitative estimate of drug-likeness (QED) is 0.561. The maximum Gasteiger partial charge on any atom is 0.320 e. The van der Waals surface area contributed by atoms with E-state index in [0.29, 0.717) is 12.2 Å². The van der Waals surface area contributed by atoms with Gasteiger partial charge in [-0.1, -0.05) is 18.7 Å². The Balaban J connectivity index is 2.44. The molecule has 0 saturated heterocycles. The highest BCUT2D eigenvalue weighted by Crippen LogP contribution is 2.16. The Kier molecular flexibility index (Phi) is 6.80. The van der Waals surface area contributed by atoms with Crippen molar-refractivity contribution in [2.45, 2.75) is 44.8 Å². The molecular weight excluding hydrogens is 262 g/mol. The summed E-state index contributed by atoms with van der Waals surface area (Å²) in [6.45, 7) is 6.61. The van der Waals surface area contributed by atoms with Gasteiger partial charge in [0.05, 0.1) is 0 Å². The summed E-state index contributed by atoms with van der Waals surface area (Å²) >= 11 is 1.50. The lowest BCUT2D eigenvalue weighted by atomic mass is 10.2. The molecule has 1 rings (SSSR count). The monoisotopic (exact) mass is 283 g/mol. The van der Waals surface area contributed by atoms with E-state index in [-0.39, 0.29) is 0 Å². The first-order valence-electron chi connectivity index (χ1n) is 6.44. The summed E-state index contributed by atoms with van der Waals surface area (Å²) in [7, 11) is 0. The smallest absolute Gasteiger partial charge is 0.320 e. The van der Waals surface area contributed by atoms with Crippen LogP contribution in [-0.2, 0) is 4.79 Å². The summed E-state index contributed by atoms with van der Waals surface area (Å²) in [5.41, 5.74) is 1.88. The maximum atomic E-state index is 11.1. The van der Waals surface area contributed by atoms with E-state index in [2.05, 4.69) is 15.3 Å². The summed E-state index contributed by atoms with van der Waals surface area (Å²) in [6, 6.07) is 1.44. The lowest BCUT2D eigenvalue weighted by molar-refractivity contribution is -0.139. The molecule has 6 heteroatoms. The van der Waals surface area contributed by atoms with Crippen molar-refractivity contribution in [2.75, 3.05) is 12.3 Å². The Morgan fingerprint density at radius 2 is 2.05 bits per heavy atom. The number of aromatic nitrogens is 2. The molecule has 0 amide bonds.